The molecule has 5 rings (SSSR count). The van der Waals surface area contributed by atoms with Crippen LogP contribution in [-0.4, -0.2) is 33.2 Å². The summed E-state index contributed by atoms with van der Waals surface area (Å²) in [5.41, 5.74) is 0.417. The lowest BCUT2D eigenvalue weighted by Gasteiger charge is -2.43. The maximum Gasteiger partial charge on any atom is 0.277 e. The Morgan fingerprint density at radius 2 is 1.88 bits per heavy atom. The number of nitrogens with one attached hydrogen (secondary N) is 1. The average molecular weight is 467 g/mol. The van der Waals surface area contributed by atoms with Gasteiger partial charge in [-0.25, -0.2) is 4.39 Å². The molecule has 0 unspecified atom stereocenters. The number of nitrogens with zero attached hydrogens (tertiary/aromatic N) is 3. The van der Waals surface area contributed by atoms with E-state index in [0.717, 1.165) is 30.6 Å². The summed E-state index contributed by atoms with van der Waals surface area (Å²) in [5, 5.41) is 9.85. The molecule has 0 radical (unpaired) electrons. The standard InChI is InChI=1S/C25H27FN4O2S/c1-25(24(32)27-18-7-4-2-3-5-8-18)16-29-21(15-20(28-29)22-9-6-14-33-22)23(31)30(25)19-12-10-17(26)11-13-19/h6,9-15,18H,2-5,7-8,16H2,1H3,(H,27,32)/t25-/m0/s1. The van der Waals surface area contributed by atoms with Gasteiger partial charge in [0.15, 0.2) is 0 Å². The summed E-state index contributed by atoms with van der Waals surface area (Å²) in [4.78, 5) is 29.9. The number of amides is 2. The first kappa shape index (κ1) is 21.8. The molecule has 8 heteroatoms. The number of rotatable bonds is 4. The van der Waals surface area contributed by atoms with Gasteiger partial charge in [-0.05, 0) is 61.5 Å². The highest BCUT2D eigenvalue weighted by atomic mass is 32.1. The lowest BCUT2D eigenvalue weighted by atomic mass is 9.93. The number of hydrogen-bond donors (Lipinski definition) is 1. The molecule has 0 spiro atoms. The number of hydrogen-bond acceptors (Lipinski definition) is 4. The summed E-state index contributed by atoms with van der Waals surface area (Å²) in [7, 11) is 0. The quantitative estimate of drug-likeness (QED) is 0.550. The van der Waals surface area contributed by atoms with Crippen LogP contribution in [0.25, 0.3) is 10.6 Å². The number of halogens is 1. The molecule has 1 fully saturated rings. The Labute approximate surface area is 196 Å². The Morgan fingerprint density at radius 1 is 1.15 bits per heavy atom. The van der Waals surface area contributed by atoms with Crippen molar-refractivity contribution in [2.75, 3.05) is 4.90 Å². The van der Waals surface area contributed by atoms with Crippen LogP contribution < -0.4 is 10.2 Å². The first-order valence-electron chi connectivity index (χ1n) is 11.5. The highest BCUT2D eigenvalue weighted by Gasteiger charge is 2.49. The zero-order valence-corrected chi connectivity index (χ0v) is 19.4. The molecule has 172 valence electrons. The van der Waals surface area contributed by atoms with Gasteiger partial charge >= 0.3 is 0 Å². The van der Waals surface area contributed by atoms with Crippen LogP contribution in [0, 0.1) is 5.82 Å². The molecule has 3 heterocycles. The van der Waals surface area contributed by atoms with E-state index in [1.807, 2.05) is 17.5 Å². The third-order valence-corrected chi connectivity index (χ3v) is 7.58. The largest absolute Gasteiger partial charge is 0.351 e. The summed E-state index contributed by atoms with van der Waals surface area (Å²) in [5.74, 6) is -0.912. The fourth-order valence-electron chi connectivity index (χ4n) is 4.89. The first-order chi connectivity index (χ1) is 16.0. The fourth-order valence-corrected chi connectivity index (χ4v) is 5.57. The van der Waals surface area contributed by atoms with Crippen molar-refractivity contribution < 1.29 is 14.0 Å². The van der Waals surface area contributed by atoms with Gasteiger partial charge in [-0.1, -0.05) is 31.7 Å². The van der Waals surface area contributed by atoms with E-state index in [1.54, 1.807) is 41.1 Å². The van der Waals surface area contributed by atoms with Crippen LogP contribution in [0.2, 0.25) is 0 Å². The summed E-state index contributed by atoms with van der Waals surface area (Å²) in [6.45, 7) is 1.99. The highest BCUT2D eigenvalue weighted by Crippen LogP contribution is 2.35. The molecular formula is C25H27FN4O2S. The lowest BCUT2D eigenvalue weighted by molar-refractivity contribution is -0.127. The molecule has 2 aromatic heterocycles. The Bertz CT molecular complexity index is 1150. The van der Waals surface area contributed by atoms with Crippen molar-refractivity contribution in [3.63, 3.8) is 0 Å². The second kappa shape index (κ2) is 8.74. The zero-order chi connectivity index (χ0) is 23.0. The van der Waals surface area contributed by atoms with Gasteiger partial charge in [0.2, 0.25) is 5.91 Å². The van der Waals surface area contributed by atoms with Gasteiger partial charge < -0.3 is 5.32 Å². The minimum atomic E-state index is -1.20. The molecule has 33 heavy (non-hydrogen) atoms. The topological polar surface area (TPSA) is 67.2 Å². The highest BCUT2D eigenvalue weighted by molar-refractivity contribution is 7.13. The van der Waals surface area contributed by atoms with Crippen LogP contribution in [0.5, 0.6) is 0 Å². The molecule has 1 aliphatic carbocycles. The number of benzene rings is 1. The molecule has 2 aliphatic rings. The predicted octanol–water partition coefficient (Wildman–Crippen LogP) is 5.01. The van der Waals surface area contributed by atoms with E-state index in [4.69, 9.17) is 0 Å². The second-order valence-corrected chi connectivity index (χ2v) is 10.1. The normalized spacial score (nSPS) is 21.5. The van der Waals surface area contributed by atoms with Gasteiger partial charge in [-0.15, -0.1) is 11.3 Å². The van der Waals surface area contributed by atoms with Gasteiger partial charge in [-0.2, -0.15) is 5.10 Å². The number of carbonyl (C=O) groups is 2. The lowest BCUT2D eigenvalue weighted by Crippen LogP contribution is -2.65. The van der Waals surface area contributed by atoms with Gasteiger partial charge in [0.1, 0.15) is 22.7 Å². The summed E-state index contributed by atoms with van der Waals surface area (Å²) in [6, 6.07) is 11.5. The van der Waals surface area contributed by atoms with Crippen molar-refractivity contribution >= 4 is 28.8 Å². The molecule has 1 aromatic carbocycles. The van der Waals surface area contributed by atoms with Crippen molar-refractivity contribution in [3.05, 3.63) is 59.4 Å². The van der Waals surface area contributed by atoms with E-state index in [0.29, 0.717) is 17.1 Å². The SMILES string of the molecule is C[C@@]1(C(=O)NC2CCCCCC2)Cn2nc(-c3cccs3)cc2C(=O)N1c1ccc(F)cc1. The van der Waals surface area contributed by atoms with E-state index in [-0.39, 0.29) is 24.4 Å². The average Bonchev–Trinajstić information content (AvgIpc) is 3.40. The van der Waals surface area contributed by atoms with Gasteiger partial charge in [0.05, 0.1) is 11.4 Å². The monoisotopic (exact) mass is 466 g/mol. The smallest absolute Gasteiger partial charge is 0.277 e. The Hall–Kier alpha value is -3.00. The van der Waals surface area contributed by atoms with Crippen LogP contribution in [0.4, 0.5) is 10.1 Å². The van der Waals surface area contributed by atoms with E-state index >= 15 is 0 Å². The van der Waals surface area contributed by atoms with Crippen LogP contribution in [0.1, 0.15) is 55.9 Å². The maximum absolute atomic E-state index is 13.7. The second-order valence-electron chi connectivity index (χ2n) is 9.10. The van der Waals surface area contributed by atoms with Gasteiger partial charge in [0.25, 0.3) is 5.91 Å². The van der Waals surface area contributed by atoms with Crippen LogP contribution in [0.15, 0.2) is 47.8 Å². The molecule has 1 aliphatic heterocycles. The van der Waals surface area contributed by atoms with Gasteiger partial charge in [0, 0.05) is 11.7 Å². The Morgan fingerprint density at radius 3 is 2.55 bits per heavy atom. The summed E-state index contributed by atoms with van der Waals surface area (Å²) < 4.78 is 15.3. The van der Waals surface area contributed by atoms with Crippen LogP contribution in [-0.2, 0) is 11.3 Å². The molecule has 3 aromatic rings. The van der Waals surface area contributed by atoms with E-state index in [1.165, 1.54) is 29.9 Å². The number of anilines is 1. The molecule has 1 saturated carbocycles. The maximum atomic E-state index is 13.7. The predicted molar refractivity (Wildman–Crippen MR) is 127 cm³/mol. The van der Waals surface area contributed by atoms with Crippen LogP contribution >= 0.6 is 11.3 Å². The molecule has 6 nitrogen and oxygen atoms in total. The minimum Gasteiger partial charge on any atom is -0.351 e. The minimum absolute atomic E-state index is 0.0997. The van der Waals surface area contributed by atoms with E-state index in [2.05, 4.69) is 10.4 Å². The van der Waals surface area contributed by atoms with E-state index in [9.17, 15) is 14.0 Å². The first-order valence-corrected chi connectivity index (χ1v) is 12.4. The number of aromatic nitrogens is 2. The molecule has 1 atom stereocenters. The van der Waals surface area contributed by atoms with Gasteiger partial charge in [-0.3, -0.25) is 19.2 Å². The Kier molecular flexibility index (Phi) is 5.78. The number of thiophene rings is 1. The molecule has 0 saturated heterocycles. The fraction of sp³-hybridized carbons (Fsp3) is 0.400. The molecule has 2 amide bonds. The third-order valence-electron chi connectivity index (χ3n) is 6.69. The molecule has 1 N–H and O–H groups in total. The molecule has 0 bridgehead atoms. The zero-order valence-electron chi connectivity index (χ0n) is 18.6. The summed E-state index contributed by atoms with van der Waals surface area (Å²) >= 11 is 1.55. The number of carbonyl (C=O) groups excluding carboxylic acids is 2. The Balaban J connectivity index is 1.54. The number of fused-ring (bicyclic) bond motifs is 1. The van der Waals surface area contributed by atoms with Crippen molar-refractivity contribution in [1.82, 2.24) is 15.1 Å². The van der Waals surface area contributed by atoms with Crippen LogP contribution in [0.3, 0.4) is 0 Å². The third kappa shape index (κ3) is 4.08. The van der Waals surface area contributed by atoms with Crippen molar-refractivity contribution in [1.29, 1.82) is 0 Å². The van der Waals surface area contributed by atoms with Crippen molar-refractivity contribution in [3.8, 4) is 10.6 Å². The van der Waals surface area contributed by atoms with Crippen molar-refractivity contribution in [2.24, 2.45) is 0 Å². The van der Waals surface area contributed by atoms with E-state index < -0.39 is 11.4 Å². The van der Waals surface area contributed by atoms with Crippen molar-refractivity contribution in [2.45, 2.75) is 63.6 Å². The summed E-state index contributed by atoms with van der Waals surface area (Å²) in [6.07, 6.45) is 6.45. The molecular weight excluding hydrogens is 439 g/mol.